The third-order valence-electron chi connectivity index (χ3n) is 7.19. The minimum absolute atomic E-state index is 0.0273. The minimum atomic E-state index is 0.0273. The van der Waals surface area contributed by atoms with Gasteiger partial charge in [-0.2, -0.15) is 0 Å². The Morgan fingerprint density at radius 2 is 1.08 bits per heavy atom. The van der Waals surface area contributed by atoms with Crippen LogP contribution in [-0.4, -0.2) is 116 Å². The average Bonchev–Trinajstić information content (AvgIpc) is 3.88. The molecule has 278 valence electrons. The first-order valence-electron chi connectivity index (χ1n) is 17.4. The SMILES string of the molecule is CCCCCCc1cc(-c2sccc2COCCOCCOCCOCCO)sc1-c1cc(COCCOCCOCCOCCO)cs1. The molecule has 3 aromatic heterocycles. The monoisotopic (exact) mass is 744 g/mol. The predicted octanol–water partition coefficient (Wildman–Crippen LogP) is 6.45. The number of rotatable bonds is 33. The number of ether oxygens (including phenoxy) is 8. The maximum Gasteiger partial charge on any atom is 0.0732 e. The fourth-order valence-electron chi connectivity index (χ4n) is 4.73. The fourth-order valence-corrected chi connectivity index (χ4v) is 8.06. The van der Waals surface area contributed by atoms with Gasteiger partial charge in [-0.25, -0.2) is 0 Å². The van der Waals surface area contributed by atoms with E-state index in [4.69, 9.17) is 48.1 Å². The molecule has 0 saturated heterocycles. The summed E-state index contributed by atoms with van der Waals surface area (Å²) in [5, 5.41) is 21.7. The molecule has 10 nitrogen and oxygen atoms in total. The summed E-state index contributed by atoms with van der Waals surface area (Å²) in [6.45, 7) is 10.2. The molecule has 0 spiro atoms. The van der Waals surface area contributed by atoms with Gasteiger partial charge in [-0.1, -0.05) is 26.2 Å². The summed E-state index contributed by atoms with van der Waals surface area (Å²) in [6.07, 6.45) is 6.04. The Bertz CT molecular complexity index is 1200. The Morgan fingerprint density at radius 3 is 1.65 bits per heavy atom. The number of aliphatic hydroxyl groups is 2. The highest BCUT2D eigenvalue weighted by atomic mass is 32.1. The lowest BCUT2D eigenvalue weighted by Gasteiger charge is -2.07. The topological polar surface area (TPSA) is 114 Å². The van der Waals surface area contributed by atoms with Gasteiger partial charge in [-0.3, -0.25) is 0 Å². The van der Waals surface area contributed by atoms with Crippen LogP contribution in [0, 0.1) is 0 Å². The number of aryl methyl sites for hydroxylation is 1. The van der Waals surface area contributed by atoms with Gasteiger partial charge in [-0.15, -0.1) is 34.0 Å². The second-order valence-corrected chi connectivity index (χ2v) is 14.0. The van der Waals surface area contributed by atoms with Crippen LogP contribution >= 0.6 is 34.0 Å². The van der Waals surface area contributed by atoms with Crippen LogP contribution in [0.25, 0.3) is 19.5 Å². The van der Waals surface area contributed by atoms with Crippen LogP contribution in [-0.2, 0) is 57.5 Å². The van der Waals surface area contributed by atoms with E-state index in [0.29, 0.717) is 106 Å². The third kappa shape index (κ3) is 18.2. The van der Waals surface area contributed by atoms with Crippen molar-refractivity contribution in [1.29, 1.82) is 0 Å². The van der Waals surface area contributed by atoms with Crippen molar-refractivity contribution < 1.29 is 48.1 Å². The number of thiophene rings is 3. The van der Waals surface area contributed by atoms with Gasteiger partial charge in [-0.05, 0) is 58.5 Å². The van der Waals surface area contributed by atoms with E-state index in [2.05, 4.69) is 35.9 Å². The zero-order chi connectivity index (χ0) is 34.6. The largest absolute Gasteiger partial charge is 0.394 e. The van der Waals surface area contributed by atoms with Crippen LogP contribution in [0.5, 0.6) is 0 Å². The normalized spacial score (nSPS) is 11.7. The number of hydrogen-bond acceptors (Lipinski definition) is 13. The van der Waals surface area contributed by atoms with Crippen LogP contribution in [0.15, 0.2) is 29.0 Å². The van der Waals surface area contributed by atoms with Crippen LogP contribution in [0.1, 0.15) is 49.3 Å². The number of hydrogen-bond donors (Lipinski definition) is 2. The maximum atomic E-state index is 8.70. The highest BCUT2D eigenvalue weighted by Gasteiger charge is 2.17. The van der Waals surface area contributed by atoms with Crippen molar-refractivity contribution in [3.63, 3.8) is 0 Å². The van der Waals surface area contributed by atoms with Gasteiger partial charge < -0.3 is 48.1 Å². The van der Waals surface area contributed by atoms with E-state index < -0.39 is 0 Å². The summed E-state index contributed by atoms with van der Waals surface area (Å²) in [7, 11) is 0. The maximum absolute atomic E-state index is 8.70. The molecule has 13 heteroatoms. The summed E-state index contributed by atoms with van der Waals surface area (Å²) in [6, 6.07) is 6.84. The molecule has 0 radical (unpaired) electrons. The lowest BCUT2D eigenvalue weighted by molar-refractivity contribution is -0.00740. The molecule has 49 heavy (non-hydrogen) atoms. The molecule has 0 aliphatic carbocycles. The molecule has 2 N–H and O–H groups in total. The molecule has 0 amide bonds. The summed E-state index contributed by atoms with van der Waals surface area (Å²) in [5.74, 6) is 0. The average molecular weight is 745 g/mol. The standard InChI is InChI=1S/C36H56O10S3/c1-2-3-4-5-6-31-26-34(35-32(7-24-47-35)28-46-23-21-44-19-17-42-15-13-40-11-9-38)49-36(31)33-25-30(29-48-33)27-45-22-20-43-18-16-41-14-12-39-10-8-37/h7,24-26,29,37-38H,2-6,8-23,27-28H2,1H3. The Kier molecular flexibility index (Phi) is 24.3. The molecular weight excluding hydrogens is 689 g/mol. The summed E-state index contributed by atoms with van der Waals surface area (Å²) < 4.78 is 44.3. The molecule has 3 rings (SSSR count). The molecule has 3 heterocycles. The van der Waals surface area contributed by atoms with Crippen molar-refractivity contribution in [3.05, 3.63) is 45.6 Å². The second-order valence-electron chi connectivity index (χ2n) is 11.1. The van der Waals surface area contributed by atoms with Gasteiger partial charge in [0.1, 0.15) is 0 Å². The van der Waals surface area contributed by atoms with E-state index in [-0.39, 0.29) is 13.2 Å². The Morgan fingerprint density at radius 1 is 0.531 bits per heavy atom. The van der Waals surface area contributed by atoms with E-state index >= 15 is 0 Å². The number of aliphatic hydroxyl groups excluding tert-OH is 2. The van der Waals surface area contributed by atoms with E-state index in [1.165, 1.54) is 61.9 Å². The smallest absolute Gasteiger partial charge is 0.0732 e. The lowest BCUT2D eigenvalue weighted by atomic mass is 10.1. The Balaban J connectivity index is 1.43. The van der Waals surface area contributed by atoms with Crippen LogP contribution in [0.3, 0.4) is 0 Å². The Labute approximate surface area is 304 Å². The highest BCUT2D eigenvalue weighted by molar-refractivity contribution is 7.26. The van der Waals surface area contributed by atoms with Crippen LogP contribution < -0.4 is 0 Å². The first-order chi connectivity index (χ1) is 24.3. The summed E-state index contributed by atoms with van der Waals surface area (Å²) >= 11 is 5.45. The second kappa shape index (κ2) is 28.3. The molecule has 0 aliphatic rings. The van der Waals surface area contributed by atoms with Gasteiger partial charge in [0, 0.05) is 19.5 Å². The minimum Gasteiger partial charge on any atom is -0.394 e. The van der Waals surface area contributed by atoms with E-state index in [9.17, 15) is 0 Å². The highest BCUT2D eigenvalue weighted by Crippen LogP contribution is 2.44. The van der Waals surface area contributed by atoms with Gasteiger partial charge in [0.2, 0.25) is 0 Å². The van der Waals surface area contributed by atoms with Crippen molar-refractivity contribution in [1.82, 2.24) is 0 Å². The molecular formula is C36H56O10S3. The zero-order valence-corrected chi connectivity index (χ0v) is 31.5. The molecule has 3 aromatic rings. The van der Waals surface area contributed by atoms with Crippen molar-refractivity contribution >= 4 is 34.0 Å². The third-order valence-corrected chi connectivity index (χ3v) is 10.7. The molecule has 0 bridgehead atoms. The van der Waals surface area contributed by atoms with E-state index in [1.54, 1.807) is 22.7 Å². The zero-order valence-electron chi connectivity index (χ0n) is 29.0. The van der Waals surface area contributed by atoms with Crippen molar-refractivity contribution in [2.45, 2.75) is 52.2 Å². The van der Waals surface area contributed by atoms with Crippen LogP contribution in [0.4, 0.5) is 0 Å². The summed E-state index contributed by atoms with van der Waals surface area (Å²) in [4.78, 5) is 5.24. The van der Waals surface area contributed by atoms with Crippen LogP contribution in [0.2, 0.25) is 0 Å². The van der Waals surface area contributed by atoms with Crippen molar-refractivity contribution in [3.8, 4) is 19.5 Å². The first-order valence-corrected chi connectivity index (χ1v) is 19.9. The summed E-state index contributed by atoms with van der Waals surface area (Å²) in [5.41, 5.74) is 3.82. The molecule has 0 aromatic carbocycles. The first kappa shape index (κ1) is 42.1. The van der Waals surface area contributed by atoms with Gasteiger partial charge in [0.05, 0.1) is 119 Å². The molecule has 0 unspecified atom stereocenters. The lowest BCUT2D eigenvalue weighted by Crippen LogP contribution is -2.12. The molecule has 0 atom stereocenters. The van der Waals surface area contributed by atoms with Gasteiger partial charge in [0.25, 0.3) is 0 Å². The molecule has 0 fully saturated rings. The number of unbranched alkanes of at least 4 members (excludes halogenated alkanes) is 3. The Hall–Kier alpha value is -1.30. The van der Waals surface area contributed by atoms with E-state index in [1.807, 2.05) is 11.3 Å². The van der Waals surface area contributed by atoms with Crippen molar-refractivity contribution in [2.24, 2.45) is 0 Å². The van der Waals surface area contributed by atoms with E-state index in [0.717, 1.165) is 6.42 Å². The quantitative estimate of drug-likeness (QED) is 0.0676. The fraction of sp³-hybridized carbons (Fsp3) is 0.667. The molecule has 0 aliphatic heterocycles. The predicted molar refractivity (Wildman–Crippen MR) is 197 cm³/mol. The molecule has 0 saturated carbocycles. The van der Waals surface area contributed by atoms with Gasteiger partial charge >= 0.3 is 0 Å². The van der Waals surface area contributed by atoms with Crippen molar-refractivity contribution in [2.75, 3.05) is 106 Å². The van der Waals surface area contributed by atoms with Gasteiger partial charge in [0.15, 0.2) is 0 Å².